The van der Waals surface area contributed by atoms with Crippen LogP contribution < -0.4 is 11.5 Å². The molecule has 0 radical (unpaired) electrons. The molecule has 1 aromatic heterocycles. The van der Waals surface area contributed by atoms with Crippen LogP contribution in [0.25, 0.3) is 0 Å². The summed E-state index contributed by atoms with van der Waals surface area (Å²) in [7, 11) is 0. The minimum absolute atomic E-state index is 0.149. The first-order chi connectivity index (χ1) is 12.5. The highest BCUT2D eigenvalue weighted by Crippen LogP contribution is 2.27. The maximum absolute atomic E-state index is 6.38. The van der Waals surface area contributed by atoms with E-state index in [0.717, 1.165) is 43.6 Å². The van der Waals surface area contributed by atoms with Crippen molar-refractivity contribution in [2.45, 2.75) is 38.8 Å². The van der Waals surface area contributed by atoms with Crippen molar-refractivity contribution >= 4 is 17.6 Å². The van der Waals surface area contributed by atoms with E-state index in [-0.39, 0.29) is 5.96 Å². The maximum atomic E-state index is 6.38. The summed E-state index contributed by atoms with van der Waals surface area (Å²) in [6.07, 6.45) is 3.03. The molecule has 0 saturated carbocycles. The van der Waals surface area contributed by atoms with E-state index in [1.807, 2.05) is 13.0 Å². The van der Waals surface area contributed by atoms with E-state index >= 15 is 0 Å². The molecule has 138 valence electrons. The van der Waals surface area contributed by atoms with Gasteiger partial charge in [-0.25, -0.2) is 4.98 Å². The summed E-state index contributed by atoms with van der Waals surface area (Å²) in [5.41, 5.74) is 15.8. The van der Waals surface area contributed by atoms with Crippen molar-refractivity contribution in [2.24, 2.45) is 16.5 Å². The number of nitrogens with zero attached hydrogens (tertiary/aromatic N) is 3. The Morgan fingerprint density at radius 2 is 1.88 bits per heavy atom. The van der Waals surface area contributed by atoms with E-state index in [2.05, 4.69) is 45.2 Å². The van der Waals surface area contributed by atoms with Gasteiger partial charge in [0.2, 0.25) is 0 Å². The molecule has 1 heterocycles. The molecule has 0 fully saturated rings. The molecule has 0 saturated heterocycles. The van der Waals surface area contributed by atoms with E-state index < -0.39 is 0 Å². The van der Waals surface area contributed by atoms with Crippen LogP contribution in [0.2, 0.25) is 5.15 Å². The summed E-state index contributed by atoms with van der Waals surface area (Å²) in [5, 5.41) is 0.592. The highest BCUT2D eigenvalue weighted by Gasteiger charge is 2.26. The van der Waals surface area contributed by atoms with Crippen LogP contribution >= 0.6 is 11.6 Å². The molecule has 6 heteroatoms. The van der Waals surface area contributed by atoms with Crippen molar-refractivity contribution in [1.29, 1.82) is 0 Å². The minimum Gasteiger partial charge on any atom is -0.370 e. The molecule has 4 N–H and O–H groups in total. The quantitative estimate of drug-likeness (QED) is 0.339. The number of rotatable bonds is 7. The van der Waals surface area contributed by atoms with Gasteiger partial charge >= 0.3 is 0 Å². The average molecular weight is 372 g/mol. The number of nitrogens with two attached hydrogens (primary N) is 2. The lowest BCUT2D eigenvalue weighted by molar-refractivity contribution is 0.191. The predicted molar refractivity (Wildman–Crippen MR) is 107 cm³/mol. The Morgan fingerprint density at radius 3 is 2.50 bits per heavy atom. The van der Waals surface area contributed by atoms with Crippen LogP contribution in [0.3, 0.4) is 0 Å². The van der Waals surface area contributed by atoms with Crippen LogP contribution in [-0.4, -0.2) is 35.0 Å². The first kappa shape index (κ1) is 18.7. The van der Waals surface area contributed by atoms with Crippen molar-refractivity contribution in [3.05, 3.63) is 63.9 Å². The number of hydrogen-bond acceptors (Lipinski definition) is 3. The fraction of sp³-hybridized carbons (Fsp3) is 0.400. The SMILES string of the molecule is Cc1ccc(CN(CCCN=C(N)N)C2Cc3ccccc3C2)c(Cl)n1. The molecule has 0 unspecified atom stereocenters. The molecular weight excluding hydrogens is 346 g/mol. The van der Waals surface area contributed by atoms with Gasteiger partial charge in [-0.1, -0.05) is 41.9 Å². The Bertz CT molecular complexity index is 761. The smallest absolute Gasteiger partial charge is 0.185 e. The van der Waals surface area contributed by atoms with E-state index in [1.165, 1.54) is 11.1 Å². The highest BCUT2D eigenvalue weighted by atomic mass is 35.5. The Balaban J connectivity index is 1.72. The number of aryl methyl sites for hydroxylation is 1. The predicted octanol–water partition coefficient (Wildman–Crippen LogP) is 2.68. The van der Waals surface area contributed by atoms with E-state index in [1.54, 1.807) is 0 Å². The van der Waals surface area contributed by atoms with Crippen molar-refractivity contribution < 1.29 is 0 Å². The van der Waals surface area contributed by atoms with Gasteiger partial charge in [-0.05, 0) is 43.4 Å². The lowest BCUT2D eigenvalue weighted by Gasteiger charge is -2.29. The summed E-state index contributed by atoms with van der Waals surface area (Å²) < 4.78 is 0. The molecule has 0 amide bonds. The molecule has 0 atom stereocenters. The number of halogens is 1. The fourth-order valence-corrected chi connectivity index (χ4v) is 3.81. The van der Waals surface area contributed by atoms with Crippen molar-refractivity contribution in [2.75, 3.05) is 13.1 Å². The van der Waals surface area contributed by atoms with Crippen LogP contribution in [0.4, 0.5) is 0 Å². The number of fused-ring (bicyclic) bond motifs is 1. The lowest BCUT2D eigenvalue weighted by Crippen LogP contribution is -2.36. The Morgan fingerprint density at radius 1 is 1.19 bits per heavy atom. The molecule has 0 aliphatic heterocycles. The van der Waals surface area contributed by atoms with E-state index in [0.29, 0.717) is 17.7 Å². The molecule has 1 aliphatic carbocycles. The van der Waals surface area contributed by atoms with Crippen molar-refractivity contribution in [3.63, 3.8) is 0 Å². The van der Waals surface area contributed by atoms with Crippen LogP contribution in [0, 0.1) is 6.92 Å². The van der Waals surface area contributed by atoms with Crippen LogP contribution in [0.5, 0.6) is 0 Å². The zero-order valence-electron chi connectivity index (χ0n) is 15.2. The van der Waals surface area contributed by atoms with Gasteiger partial charge in [0.25, 0.3) is 0 Å². The third-order valence-electron chi connectivity index (χ3n) is 4.88. The summed E-state index contributed by atoms with van der Waals surface area (Å²) in [6.45, 7) is 4.29. The van der Waals surface area contributed by atoms with Crippen LogP contribution in [-0.2, 0) is 19.4 Å². The van der Waals surface area contributed by atoms with Gasteiger partial charge in [-0.15, -0.1) is 0 Å². The second-order valence-electron chi connectivity index (χ2n) is 6.86. The number of benzene rings is 1. The number of pyridine rings is 1. The molecule has 3 rings (SSSR count). The number of aromatic nitrogens is 1. The van der Waals surface area contributed by atoms with Crippen molar-refractivity contribution in [1.82, 2.24) is 9.88 Å². The van der Waals surface area contributed by atoms with E-state index in [4.69, 9.17) is 23.1 Å². The molecule has 0 spiro atoms. The maximum Gasteiger partial charge on any atom is 0.185 e. The number of guanidine groups is 1. The zero-order chi connectivity index (χ0) is 18.5. The van der Waals surface area contributed by atoms with Gasteiger partial charge in [-0.2, -0.15) is 0 Å². The Kier molecular flexibility index (Phi) is 6.12. The van der Waals surface area contributed by atoms with Gasteiger partial charge in [0.1, 0.15) is 5.15 Å². The van der Waals surface area contributed by atoms with Crippen LogP contribution in [0.1, 0.15) is 28.8 Å². The fourth-order valence-electron chi connectivity index (χ4n) is 3.56. The van der Waals surface area contributed by atoms with Gasteiger partial charge in [0.15, 0.2) is 5.96 Å². The Labute approximate surface area is 160 Å². The average Bonchev–Trinajstić information content (AvgIpc) is 3.03. The summed E-state index contributed by atoms with van der Waals surface area (Å²) in [5.74, 6) is 0.149. The van der Waals surface area contributed by atoms with E-state index in [9.17, 15) is 0 Å². The summed E-state index contributed by atoms with van der Waals surface area (Å²) >= 11 is 6.38. The molecule has 2 aromatic rings. The molecule has 26 heavy (non-hydrogen) atoms. The molecule has 0 bridgehead atoms. The monoisotopic (exact) mass is 371 g/mol. The zero-order valence-corrected chi connectivity index (χ0v) is 15.9. The third-order valence-corrected chi connectivity index (χ3v) is 5.21. The number of aliphatic imine (C=N–C) groups is 1. The van der Waals surface area contributed by atoms with Gasteiger partial charge in [-0.3, -0.25) is 9.89 Å². The van der Waals surface area contributed by atoms with Gasteiger partial charge in [0.05, 0.1) is 0 Å². The largest absolute Gasteiger partial charge is 0.370 e. The van der Waals surface area contributed by atoms with Crippen molar-refractivity contribution in [3.8, 4) is 0 Å². The summed E-state index contributed by atoms with van der Waals surface area (Å²) in [6, 6.07) is 13.2. The topological polar surface area (TPSA) is 80.5 Å². The summed E-state index contributed by atoms with van der Waals surface area (Å²) in [4.78, 5) is 11.0. The first-order valence-electron chi connectivity index (χ1n) is 9.01. The lowest BCUT2D eigenvalue weighted by atomic mass is 10.1. The van der Waals surface area contributed by atoms with Gasteiger partial charge < -0.3 is 11.5 Å². The number of hydrogen-bond donors (Lipinski definition) is 2. The molecule has 1 aromatic carbocycles. The first-order valence-corrected chi connectivity index (χ1v) is 9.39. The van der Waals surface area contributed by atoms with Crippen LogP contribution in [0.15, 0.2) is 41.4 Å². The van der Waals surface area contributed by atoms with Gasteiger partial charge in [0, 0.05) is 36.9 Å². The standard InChI is InChI=1S/C20H26ClN5/c1-14-7-8-17(19(21)25-14)13-26(10-4-9-24-20(22)23)18-11-15-5-2-3-6-16(15)12-18/h2-3,5-8,18H,4,9-13H2,1H3,(H4,22,23,24). The second-order valence-corrected chi connectivity index (χ2v) is 7.22. The molecule has 5 nitrogen and oxygen atoms in total. The minimum atomic E-state index is 0.149. The molecular formula is C20H26ClN5. The second kappa shape index (κ2) is 8.52. The highest BCUT2D eigenvalue weighted by molar-refractivity contribution is 6.30. The third kappa shape index (κ3) is 4.74. The normalized spacial score (nSPS) is 13.8. The Hall–Kier alpha value is -2.11. The molecule has 1 aliphatic rings.